The molecule has 2 N–H and O–H groups in total. The Hall–Kier alpha value is -2.04. The summed E-state index contributed by atoms with van der Waals surface area (Å²) in [5.74, 6) is -1.80. The number of aliphatic carboxylic acids is 1. The third-order valence-corrected chi connectivity index (χ3v) is 2.20. The minimum absolute atomic E-state index is 0.0406. The molecule has 5 heteroatoms. The minimum atomic E-state index is -1.21. The standard InChI is InChI=1S/C10H8O5/c11-6-3-1-2-5-7(12)4-8(10(13)14)15-9(5)6/h1-3,8,11H,4H2,(H,13,14). The number of carboxylic acids is 1. The summed E-state index contributed by atoms with van der Waals surface area (Å²) in [4.78, 5) is 22.2. The van der Waals surface area contributed by atoms with Crippen LogP contribution in [0.15, 0.2) is 18.2 Å². The highest BCUT2D eigenvalue weighted by molar-refractivity contribution is 6.02. The predicted octanol–water partition coefficient (Wildman–Crippen LogP) is 0.811. The number of hydrogen-bond acceptors (Lipinski definition) is 4. The van der Waals surface area contributed by atoms with Gasteiger partial charge < -0.3 is 14.9 Å². The van der Waals surface area contributed by atoms with Crippen LogP contribution in [0.2, 0.25) is 0 Å². The van der Waals surface area contributed by atoms with Gasteiger partial charge in [-0.05, 0) is 12.1 Å². The van der Waals surface area contributed by atoms with Gasteiger partial charge in [-0.2, -0.15) is 0 Å². The number of para-hydroxylation sites is 1. The lowest BCUT2D eigenvalue weighted by molar-refractivity contribution is -0.145. The summed E-state index contributed by atoms with van der Waals surface area (Å²) in [7, 11) is 0. The van der Waals surface area contributed by atoms with Crippen molar-refractivity contribution >= 4 is 11.8 Å². The van der Waals surface area contributed by atoms with E-state index >= 15 is 0 Å². The molecule has 0 aromatic heterocycles. The second-order valence-electron chi connectivity index (χ2n) is 3.23. The van der Waals surface area contributed by atoms with E-state index in [-0.39, 0.29) is 29.3 Å². The molecule has 0 radical (unpaired) electrons. The topological polar surface area (TPSA) is 83.8 Å². The average molecular weight is 208 g/mol. The lowest BCUT2D eigenvalue weighted by Crippen LogP contribution is -2.33. The summed E-state index contributed by atoms with van der Waals surface area (Å²) >= 11 is 0. The molecule has 1 aromatic carbocycles. The minimum Gasteiger partial charge on any atom is -0.504 e. The van der Waals surface area contributed by atoms with E-state index in [2.05, 4.69) is 0 Å². The number of benzene rings is 1. The fourth-order valence-corrected chi connectivity index (χ4v) is 1.47. The zero-order chi connectivity index (χ0) is 11.0. The Morgan fingerprint density at radius 3 is 2.87 bits per heavy atom. The molecule has 1 atom stereocenters. The molecule has 5 nitrogen and oxygen atoms in total. The van der Waals surface area contributed by atoms with Gasteiger partial charge in [-0.15, -0.1) is 0 Å². The summed E-state index contributed by atoms with van der Waals surface area (Å²) in [5, 5.41) is 18.1. The van der Waals surface area contributed by atoms with E-state index in [1.54, 1.807) is 0 Å². The molecule has 78 valence electrons. The lowest BCUT2D eigenvalue weighted by atomic mass is 10.0. The molecule has 0 aliphatic carbocycles. The monoisotopic (exact) mass is 208 g/mol. The SMILES string of the molecule is O=C1CC(C(=O)O)Oc2c(O)cccc21. The number of rotatable bonds is 1. The van der Waals surface area contributed by atoms with Crippen molar-refractivity contribution in [2.24, 2.45) is 0 Å². The average Bonchev–Trinajstić information content (AvgIpc) is 2.19. The molecule has 1 aliphatic rings. The number of aromatic hydroxyl groups is 1. The van der Waals surface area contributed by atoms with E-state index < -0.39 is 12.1 Å². The number of Topliss-reactive ketones (excluding diaryl/α,β-unsaturated/α-hetero) is 1. The molecule has 1 aliphatic heterocycles. The zero-order valence-electron chi connectivity index (χ0n) is 7.64. The normalized spacial score (nSPS) is 19.2. The second kappa shape index (κ2) is 3.27. The fraction of sp³-hybridized carbons (Fsp3) is 0.200. The Morgan fingerprint density at radius 2 is 2.20 bits per heavy atom. The molecule has 1 aromatic rings. The summed E-state index contributed by atoms with van der Waals surface area (Å²) in [6.07, 6.45) is -1.41. The van der Waals surface area contributed by atoms with Gasteiger partial charge in [0, 0.05) is 0 Å². The molecule has 0 bridgehead atoms. The van der Waals surface area contributed by atoms with Crippen molar-refractivity contribution < 1.29 is 24.5 Å². The van der Waals surface area contributed by atoms with Crippen molar-refractivity contribution in [3.63, 3.8) is 0 Å². The number of ketones is 1. The number of carbonyl (C=O) groups excluding carboxylic acids is 1. The van der Waals surface area contributed by atoms with Gasteiger partial charge in [0.2, 0.25) is 6.10 Å². The van der Waals surface area contributed by atoms with E-state index in [1.165, 1.54) is 18.2 Å². The molecule has 1 unspecified atom stereocenters. The first-order valence-corrected chi connectivity index (χ1v) is 4.34. The van der Waals surface area contributed by atoms with Crippen LogP contribution in [-0.4, -0.2) is 28.1 Å². The molecule has 0 fully saturated rings. The highest BCUT2D eigenvalue weighted by atomic mass is 16.5. The van der Waals surface area contributed by atoms with Crippen LogP contribution in [-0.2, 0) is 4.79 Å². The molecule has 1 heterocycles. The summed E-state index contributed by atoms with van der Waals surface area (Å²) < 4.78 is 5.02. The van der Waals surface area contributed by atoms with Crippen LogP contribution in [0, 0.1) is 0 Å². The summed E-state index contributed by atoms with van der Waals surface area (Å²) in [6.45, 7) is 0. The Bertz CT molecular complexity index is 437. The van der Waals surface area contributed by atoms with Gasteiger partial charge in [0.1, 0.15) is 0 Å². The maximum atomic E-state index is 11.5. The summed E-state index contributed by atoms with van der Waals surface area (Å²) in [6, 6.07) is 4.35. The number of phenols is 1. The molecule has 2 rings (SSSR count). The van der Waals surface area contributed by atoms with E-state index in [0.717, 1.165) is 0 Å². The van der Waals surface area contributed by atoms with Gasteiger partial charge >= 0.3 is 5.97 Å². The fourth-order valence-electron chi connectivity index (χ4n) is 1.47. The Balaban J connectivity index is 2.46. The largest absolute Gasteiger partial charge is 0.504 e. The van der Waals surface area contributed by atoms with Gasteiger partial charge in [0.25, 0.3) is 0 Å². The second-order valence-corrected chi connectivity index (χ2v) is 3.23. The van der Waals surface area contributed by atoms with Gasteiger partial charge in [-0.3, -0.25) is 4.79 Å². The van der Waals surface area contributed by atoms with E-state index in [9.17, 15) is 14.7 Å². The van der Waals surface area contributed by atoms with Crippen LogP contribution < -0.4 is 4.74 Å². The van der Waals surface area contributed by atoms with Gasteiger partial charge in [-0.1, -0.05) is 6.07 Å². The van der Waals surface area contributed by atoms with Crippen LogP contribution >= 0.6 is 0 Å². The van der Waals surface area contributed by atoms with E-state index in [0.29, 0.717) is 0 Å². The van der Waals surface area contributed by atoms with Crippen molar-refractivity contribution in [2.45, 2.75) is 12.5 Å². The van der Waals surface area contributed by atoms with Crippen LogP contribution in [0.25, 0.3) is 0 Å². The van der Waals surface area contributed by atoms with Gasteiger partial charge in [-0.25, -0.2) is 4.79 Å². The van der Waals surface area contributed by atoms with Crippen LogP contribution in [0.1, 0.15) is 16.8 Å². The molecular weight excluding hydrogens is 200 g/mol. The van der Waals surface area contributed by atoms with Crippen LogP contribution in [0.3, 0.4) is 0 Å². The third-order valence-electron chi connectivity index (χ3n) is 2.20. The first-order chi connectivity index (χ1) is 7.09. The first-order valence-electron chi connectivity index (χ1n) is 4.34. The van der Waals surface area contributed by atoms with E-state index in [1.807, 2.05) is 0 Å². The van der Waals surface area contributed by atoms with Crippen molar-refractivity contribution in [2.75, 3.05) is 0 Å². The highest BCUT2D eigenvalue weighted by Gasteiger charge is 2.32. The molecule has 15 heavy (non-hydrogen) atoms. The van der Waals surface area contributed by atoms with Crippen molar-refractivity contribution in [3.05, 3.63) is 23.8 Å². The smallest absolute Gasteiger partial charge is 0.345 e. The Labute approximate surface area is 84.9 Å². The lowest BCUT2D eigenvalue weighted by Gasteiger charge is -2.22. The van der Waals surface area contributed by atoms with Crippen molar-refractivity contribution in [3.8, 4) is 11.5 Å². The molecule has 0 saturated carbocycles. The Kier molecular flexibility index (Phi) is 2.07. The van der Waals surface area contributed by atoms with Gasteiger partial charge in [0.15, 0.2) is 17.3 Å². The number of carbonyl (C=O) groups is 2. The molecule has 0 amide bonds. The van der Waals surface area contributed by atoms with Gasteiger partial charge in [0.05, 0.1) is 12.0 Å². The predicted molar refractivity (Wildman–Crippen MR) is 49.1 cm³/mol. The van der Waals surface area contributed by atoms with Crippen LogP contribution in [0.4, 0.5) is 0 Å². The third kappa shape index (κ3) is 1.52. The number of hydrogen-bond donors (Lipinski definition) is 2. The number of carboxylic acid groups (broad SMARTS) is 1. The quantitative estimate of drug-likeness (QED) is 0.713. The Morgan fingerprint density at radius 1 is 1.47 bits per heavy atom. The van der Waals surface area contributed by atoms with E-state index in [4.69, 9.17) is 9.84 Å². The van der Waals surface area contributed by atoms with Crippen LogP contribution in [0.5, 0.6) is 11.5 Å². The summed E-state index contributed by atoms with van der Waals surface area (Å²) in [5.41, 5.74) is 0.229. The number of fused-ring (bicyclic) bond motifs is 1. The highest BCUT2D eigenvalue weighted by Crippen LogP contribution is 2.35. The molecular formula is C10H8O5. The van der Waals surface area contributed by atoms with Crippen molar-refractivity contribution in [1.82, 2.24) is 0 Å². The van der Waals surface area contributed by atoms with Crippen molar-refractivity contribution in [1.29, 1.82) is 0 Å². The first kappa shape index (κ1) is 9.51. The maximum absolute atomic E-state index is 11.5. The number of ether oxygens (including phenoxy) is 1. The maximum Gasteiger partial charge on any atom is 0.345 e. The number of phenolic OH excluding ortho intramolecular Hbond substituents is 1. The zero-order valence-corrected chi connectivity index (χ0v) is 7.64. The molecule has 0 spiro atoms. The molecule has 0 saturated heterocycles.